The first-order chi connectivity index (χ1) is 13.5. The van der Waals surface area contributed by atoms with Crippen LogP contribution in [0.1, 0.15) is 22.7 Å². The minimum absolute atomic E-state index is 0.0690. The molecule has 2 aromatic carbocycles. The van der Waals surface area contributed by atoms with Crippen LogP contribution in [0.5, 0.6) is 5.88 Å². The lowest BCUT2D eigenvalue weighted by Gasteiger charge is -2.24. The number of nitrogens with zero attached hydrogens (tertiary/aromatic N) is 3. The second-order valence-corrected chi connectivity index (χ2v) is 6.74. The number of aromatic nitrogens is 2. The average Bonchev–Trinajstić information content (AvgIpc) is 3.04. The summed E-state index contributed by atoms with van der Waals surface area (Å²) >= 11 is 6.43. The lowest BCUT2D eigenvalue weighted by atomic mass is 9.87. The maximum absolute atomic E-state index is 12.0. The molecule has 0 radical (unpaired) electrons. The van der Waals surface area contributed by atoms with E-state index in [1.807, 2.05) is 43.3 Å². The van der Waals surface area contributed by atoms with Gasteiger partial charge in [-0.3, -0.25) is 10.1 Å². The molecule has 3 aromatic rings. The number of allylic oxidation sites excluding steroid dienone is 1. The monoisotopic (exact) mass is 396 g/mol. The summed E-state index contributed by atoms with van der Waals surface area (Å²) in [6, 6.07) is 16.6. The van der Waals surface area contributed by atoms with Crippen LogP contribution in [-0.4, -0.2) is 21.8 Å². The number of halogens is 1. The fourth-order valence-corrected chi connectivity index (χ4v) is 3.73. The molecule has 0 spiro atoms. The van der Waals surface area contributed by atoms with Gasteiger partial charge < -0.3 is 10.1 Å². The normalized spacial score (nSPS) is 15.8. The highest BCUT2D eigenvalue weighted by Crippen LogP contribution is 2.46. The molecule has 2 heterocycles. The van der Waals surface area contributed by atoms with Crippen molar-refractivity contribution in [3.05, 3.63) is 98.1 Å². The number of aryl methyl sites for hydroxylation is 1. The number of rotatable bonds is 4. The highest BCUT2D eigenvalue weighted by molar-refractivity contribution is 6.31. The quantitative estimate of drug-likeness (QED) is 0.532. The van der Waals surface area contributed by atoms with E-state index in [1.54, 1.807) is 29.9 Å². The van der Waals surface area contributed by atoms with E-state index in [0.717, 1.165) is 5.69 Å². The number of fused-ring (bicyclic) bond motifs is 1. The summed E-state index contributed by atoms with van der Waals surface area (Å²) in [5, 5.41) is 19.8. The lowest BCUT2D eigenvalue weighted by molar-refractivity contribution is -0.432. The van der Waals surface area contributed by atoms with Crippen molar-refractivity contribution in [3.63, 3.8) is 0 Å². The van der Waals surface area contributed by atoms with Crippen molar-refractivity contribution in [1.29, 1.82) is 0 Å². The molecule has 4 rings (SSSR count). The smallest absolute Gasteiger partial charge is 0.317 e. The fourth-order valence-electron chi connectivity index (χ4n) is 3.49. The van der Waals surface area contributed by atoms with Crippen LogP contribution in [0, 0.1) is 17.0 Å². The number of hydrogen-bond acceptors (Lipinski definition) is 5. The number of nitro groups is 1. The lowest BCUT2D eigenvalue weighted by Crippen LogP contribution is -2.28. The van der Waals surface area contributed by atoms with Gasteiger partial charge in [0.25, 0.3) is 5.88 Å². The number of ether oxygens (including phenoxy) is 1. The van der Waals surface area contributed by atoms with Crippen LogP contribution in [0.2, 0.25) is 5.02 Å². The molecular formula is C20H17ClN4O3. The summed E-state index contributed by atoms with van der Waals surface area (Å²) in [5.41, 5.74) is 2.59. The average molecular weight is 397 g/mol. The third kappa shape index (κ3) is 2.80. The topological polar surface area (TPSA) is 82.2 Å². The van der Waals surface area contributed by atoms with Crippen molar-refractivity contribution in [2.45, 2.75) is 12.8 Å². The van der Waals surface area contributed by atoms with Gasteiger partial charge in [-0.2, -0.15) is 5.10 Å². The van der Waals surface area contributed by atoms with Crippen LogP contribution in [0.25, 0.3) is 5.69 Å². The van der Waals surface area contributed by atoms with Gasteiger partial charge in [-0.15, -0.1) is 0 Å². The van der Waals surface area contributed by atoms with Gasteiger partial charge in [0.1, 0.15) is 5.92 Å². The zero-order valence-corrected chi connectivity index (χ0v) is 16.0. The Hall–Kier alpha value is -3.32. The van der Waals surface area contributed by atoms with Crippen molar-refractivity contribution in [3.8, 4) is 11.6 Å². The van der Waals surface area contributed by atoms with E-state index in [4.69, 9.17) is 16.3 Å². The molecule has 1 N–H and O–H groups in total. The first kappa shape index (κ1) is 18.1. The van der Waals surface area contributed by atoms with Crippen molar-refractivity contribution in [2.24, 2.45) is 0 Å². The van der Waals surface area contributed by atoms with Gasteiger partial charge in [0.15, 0.2) is 0 Å². The summed E-state index contributed by atoms with van der Waals surface area (Å²) < 4.78 is 7.59. The zero-order valence-electron chi connectivity index (χ0n) is 15.2. The highest BCUT2D eigenvalue weighted by atomic mass is 35.5. The van der Waals surface area contributed by atoms with Crippen LogP contribution >= 0.6 is 11.6 Å². The first-order valence-corrected chi connectivity index (χ1v) is 9.04. The van der Waals surface area contributed by atoms with E-state index in [0.29, 0.717) is 27.7 Å². The molecule has 7 nitrogen and oxygen atoms in total. The minimum Gasteiger partial charge on any atom is -0.416 e. The Bertz CT molecular complexity index is 1090. The van der Waals surface area contributed by atoms with E-state index in [2.05, 4.69) is 10.4 Å². The second kappa shape index (κ2) is 7.01. The maximum atomic E-state index is 12.0. The van der Waals surface area contributed by atoms with Gasteiger partial charge in [0.2, 0.25) is 5.88 Å². The Kier molecular flexibility index (Phi) is 4.52. The Labute approximate surface area is 166 Å². The highest BCUT2D eigenvalue weighted by Gasteiger charge is 2.44. The van der Waals surface area contributed by atoms with Crippen molar-refractivity contribution < 1.29 is 9.66 Å². The zero-order chi connectivity index (χ0) is 19.8. The molecule has 1 aliphatic rings. The van der Waals surface area contributed by atoms with E-state index in [9.17, 15) is 10.1 Å². The minimum atomic E-state index is -0.715. The Morgan fingerprint density at radius 2 is 1.86 bits per heavy atom. The van der Waals surface area contributed by atoms with Crippen molar-refractivity contribution >= 4 is 11.6 Å². The number of para-hydroxylation sites is 1. The molecule has 0 bridgehead atoms. The van der Waals surface area contributed by atoms with Gasteiger partial charge in [0.05, 0.1) is 21.9 Å². The van der Waals surface area contributed by atoms with Crippen LogP contribution in [0.4, 0.5) is 0 Å². The van der Waals surface area contributed by atoms with E-state index < -0.39 is 10.8 Å². The molecule has 28 heavy (non-hydrogen) atoms. The van der Waals surface area contributed by atoms with Crippen LogP contribution < -0.4 is 10.1 Å². The molecule has 0 saturated heterocycles. The molecule has 1 aliphatic heterocycles. The third-order valence-electron chi connectivity index (χ3n) is 4.70. The van der Waals surface area contributed by atoms with Crippen LogP contribution in [0.15, 0.2) is 66.2 Å². The van der Waals surface area contributed by atoms with E-state index >= 15 is 0 Å². The van der Waals surface area contributed by atoms with Gasteiger partial charge in [-0.05, 0) is 30.7 Å². The molecule has 1 unspecified atom stereocenters. The molecule has 0 aliphatic carbocycles. The molecule has 1 aromatic heterocycles. The van der Waals surface area contributed by atoms with Crippen LogP contribution in [0.3, 0.4) is 0 Å². The summed E-state index contributed by atoms with van der Waals surface area (Å²) in [6.07, 6.45) is 0. The number of nitrogens with one attached hydrogen (secondary N) is 1. The fraction of sp³-hybridized carbons (Fsp3) is 0.150. The molecule has 8 heteroatoms. The van der Waals surface area contributed by atoms with E-state index in [1.165, 1.54) is 0 Å². The third-order valence-corrected chi connectivity index (χ3v) is 5.04. The van der Waals surface area contributed by atoms with E-state index in [-0.39, 0.29) is 11.6 Å². The SMILES string of the molecule is CNC1=C([N+](=O)[O-])C(c2ccccc2Cl)c2c(C)nn(-c3ccccc3)c2O1. The predicted molar refractivity (Wildman–Crippen MR) is 105 cm³/mol. The first-order valence-electron chi connectivity index (χ1n) is 8.66. The summed E-state index contributed by atoms with van der Waals surface area (Å²) in [6.45, 7) is 1.81. The maximum Gasteiger partial charge on any atom is 0.317 e. The molecule has 0 fully saturated rings. The van der Waals surface area contributed by atoms with Crippen molar-refractivity contribution in [2.75, 3.05) is 7.05 Å². The Morgan fingerprint density at radius 1 is 1.18 bits per heavy atom. The predicted octanol–water partition coefficient (Wildman–Crippen LogP) is 4.02. The molecule has 1 atom stereocenters. The van der Waals surface area contributed by atoms with Gasteiger partial charge in [-0.1, -0.05) is 48.0 Å². The van der Waals surface area contributed by atoms with Gasteiger partial charge >= 0.3 is 5.70 Å². The molecule has 0 amide bonds. The Morgan fingerprint density at radius 3 is 2.50 bits per heavy atom. The van der Waals surface area contributed by atoms with Gasteiger partial charge in [-0.25, -0.2) is 4.68 Å². The largest absolute Gasteiger partial charge is 0.416 e. The van der Waals surface area contributed by atoms with Crippen LogP contribution in [-0.2, 0) is 0 Å². The Balaban J connectivity index is 2.02. The summed E-state index contributed by atoms with van der Waals surface area (Å²) in [4.78, 5) is 11.5. The molecular weight excluding hydrogens is 380 g/mol. The van der Waals surface area contributed by atoms with Gasteiger partial charge in [0, 0.05) is 12.1 Å². The molecule has 0 saturated carbocycles. The number of benzene rings is 2. The molecule has 142 valence electrons. The number of hydrogen-bond donors (Lipinski definition) is 1. The van der Waals surface area contributed by atoms with Crippen molar-refractivity contribution in [1.82, 2.24) is 15.1 Å². The summed E-state index contributed by atoms with van der Waals surface area (Å²) in [5.74, 6) is -0.213. The standard InChI is InChI=1S/C20H17ClN4O3/c1-12-16-17(14-10-6-7-11-15(14)21)18(25(26)27)19(22-2)28-20(16)24(23-12)13-8-4-3-5-9-13/h3-11,17,22H,1-2H3. The summed E-state index contributed by atoms with van der Waals surface area (Å²) in [7, 11) is 1.59. The second-order valence-electron chi connectivity index (χ2n) is 6.33.